The summed E-state index contributed by atoms with van der Waals surface area (Å²) in [5.74, 6) is 2.40. The van der Waals surface area contributed by atoms with Crippen LogP contribution in [0.1, 0.15) is 58.7 Å². The minimum atomic E-state index is 0.290. The summed E-state index contributed by atoms with van der Waals surface area (Å²) < 4.78 is 2.17. The van der Waals surface area contributed by atoms with Gasteiger partial charge in [0.2, 0.25) is 5.95 Å². The van der Waals surface area contributed by atoms with E-state index in [4.69, 9.17) is 5.73 Å². The molecule has 0 aromatic carbocycles. The zero-order valence-electron chi connectivity index (χ0n) is 12.1. The van der Waals surface area contributed by atoms with Crippen molar-refractivity contribution < 1.29 is 0 Å². The van der Waals surface area contributed by atoms with Crippen LogP contribution in [0.25, 0.3) is 0 Å². The van der Waals surface area contributed by atoms with E-state index in [1.807, 2.05) is 0 Å². The zero-order valence-corrected chi connectivity index (χ0v) is 12.1. The largest absolute Gasteiger partial charge is 0.355 e. The van der Waals surface area contributed by atoms with Crippen LogP contribution in [-0.2, 0) is 6.54 Å². The minimum Gasteiger partial charge on any atom is -0.355 e. The molecule has 0 aliphatic heterocycles. The first kappa shape index (κ1) is 15.0. The standard InChI is InChI=1S/C13H27N5/c1-5-15-13-17-16-12(18(13)6-2)10(3)8-7-9-11(4)14/h10-11H,5-9,14H2,1-4H3,(H,15,17). The Hall–Kier alpha value is -1.10. The van der Waals surface area contributed by atoms with Crippen molar-refractivity contribution in [3.63, 3.8) is 0 Å². The smallest absolute Gasteiger partial charge is 0.224 e. The fourth-order valence-electron chi connectivity index (χ4n) is 2.16. The fraction of sp³-hybridized carbons (Fsp3) is 0.846. The summed E-state index contributed by atoms with van der Waals surface area (Å²) in [6, 6.07) is 0.290. The van der Waals surface area contributed by atoms with Crippen molar-refractivity contribution in [2.75, 3.05) is 11.9 Å². The molecule has 0 saturated carbocycles. The molecule has 1 heterocycles. The Morgan fingerprint density at radius 2 is 1.94 bits per heavy atom. The average Bonchev–Trinajstić information content (AvgIpc) is 2.72. The molecule has 2 unspecified atom stereocenters. The van der Waals surface area contributed by atoms with Gasteiger partial charge in [0.1, 0.15) is 5.82 Å². The Morgan fingerprint density at radius 3 is 2.50 bits per heavy atom. The Labute approximate surface area is 110 Å². The number of aromatic nitrogens is 3. The van der Waals surface area contributed by atoms with E-state index >= 15 is 0 Å². The van der Waals surface area contributed by atoms with Gasteiger partial charge in [-0.1, -0.05) is 13.3 Å². The molecule has 0 radical (unpaired) electrons. The molecular weight excluding hydrogens is 226 g/mol. The maximum absolute atomic E-state index is 5.77. The molecule has 1 aromatic heterocycles. The van der Waals surface area contributed by atoms with Crippen molar-refractivity contribution in [2.24, 2.45) is 5.73 Å². The number of anilines is 1. The van der Waals surface area contributed by atoms with Gasteiger partial charge in [-0.15, -0.1) is 10.2 Å². The normalized spacial score (nSPS) is 14.5. The second kappa shape index (κ2) is 7.36. The molecule has 0 aliphatic rings. The summed E-state index contributed by atoms with van der Waals surface area (Å²) in [7, 11) is 0. The monoisotopic (exact) mass is 253 g/mol. The van der Waals surface area contributed by atoms with Gasteiger partial charge in [-0.2, -0.15) is 0 Å². The molecule has 1 rings (SSSR count). The summed E-state index contributed by atoms with van der Waals surface area (Å²) in [5, 5.41) is 11.8. The second-order valence-electron chi connectivity index (χ2n) is 4.97. The third-order valence-electron chi connectivity index (χ3n) is 3.17. The summed E-state index contributed by atoms with van der Waals surface area (Å²) in [4.78, 5) is 0. The molecule has 0 amide bonds. The van der Waals surface area contributed by atoms with Crippen LogP contribution in [0.15, 0.2) is 0 Å². The highest BCUT2D eigenvalue weighted by Crippen LogP contribution is 2.22. The summed E-state index contributed by atoms with van der Waals surface area (Å²) >= 11 is 0. The van der Waals surface area contributed by atoms with Crippen molar-refractivity contribution in [1.29, 1.82) is 0 Å². The molecule has 0 saturated heterocycles. The third kappa shape index (κ3) is 3.98. The molecule has 5 heteroatoms. The molecule has 0 aliphatic carbocycles. The van der Waals surface area contributed by atoms with E-state index in [2.05, 4.69) is 47.8 Å². The van der Waals surface area contributed by atoms with Crippen LogP contribution in [-0.4, -0.2) is 27.4 Å². The van der Waals surface area contributed by atoms with Crippen molar-refractivity contribution in [3.05, 3.63) is 5.82 Å². The maximum Gasteiger partial charge on any atom is 0.224 e. The summed E-state index contributed by atoms with van der Waals surface area (Å²) in [6.07, 6.45) is 3.34. The lowest BCUT2D eigenvalue weighted by Crippen LogP contribution is -2.15. The minimum absolute atomic E-state index is 0.290. The number of hydrogen-bond acceptors (Lipinski definition) is 4. The highest BCUT2D eigenvalue weighted by molar-refractivity contribution is 5.26. The molecule has 18 heavy (non-hydrogen) atoms. The van der Waals surface area contributed by atoms with E-state index in [1.54, 1.807) is 0 Å². The molecule has 0 fully saturated rings. The molecule has 0 bridgehead atoms. The lowest BCUT2D eigenvalue weighted by Gasteiger charge is -2.14. The van der Waals surface area contributed by atoms with Crippen LogP contribution < -0.4 is 11.1 Å². The quantitative estimate of drug-likeness (QED) is 0.746. The van der Waals surface area contributed by atoms with E-state index in [1.165, 1.54) is 0 Å². The molecular formula is C13H27N5. The predicted octanol–water partition coefficient (Wildman–Crippen LogP) is 2.35. The van der Waals surface area contributed by atoms with Gasteiger partial charge in [0, 0.05) is 25.0 Å². The highest BCUT2D eigenvalue weighted by atomic mass is 15.3. The Kier molecular flexibility index (Phi) is 6.12. The third-order valence-corrected chi connectivity index (χ3v) is 3.17. The topological polar surface area (TPSA) is 68.8 Å². The van der Waals surface area contributed by atoms with Gasteiger partial charge in [0.05, 0.1) is 0 Å². The van der Waals surface area contributed by atoms with Crippen LogP contribution in [0.4, 0.5) is 5.95 Å². The predicted molar refractivity (Wildman–Crippen MR) is 75.8 cm³/mol. The molecule has 3 N–H and O–H groups in total. The van der Waals surface area contributed by atoms with Gasteiger partial charge >= 0.3 is 0 Å². The number of nitrogens with two attached hydrogens (primary N) is 1. The lowest BCUT2D eigenvalue weighted by atomic mass is 10.0. The maximum atomic E-state index is 5.77. The highest BCUT2D eigenvalue weighted by Gasteiger charge is 2.16. The van der Waals surface area contributed by atoms with Crippen LogP contribution >= 0.6 is 0 Å². The molecule has 5 nitrogen and oxygen atoms in total. The second-order valence-corrected chi connectivity index (χ2v) is 4.97. The Bertz CT molecular complexity index is 345. The Balaban J connectivity index is 2.64. The van der Waals surface area contributed by atoms with Gasteiger partial charge < -0.3 is 11.1 Å². The van der Waals surface area contributed by atoms with Crippen molar-refractivity contribution in [2.45, 2.75) is 65.5 Å². The van der Waals surface area contributed by atoms with E-state index in [0.717, 1.165) is 44.1 Å². The van der Waals surface area contributed by atoms with Crippen molar-refractivity contribution in [1.82, 2.24) is 14.8 Å². The SMILES string of the molecule is CCNc1nnc(C(C)CCCC(C)N)n1CC. The molecule has 0 spiro atoms. The lowest BCUT2D eigenvalue weighted by molar-refractivity contribution is 0.525. The van der Waals surface area contributed by atoms with Crippen LogP contribution in [0.2, 0.25) is 0 Å². The molecule has 1 aromatic rings. The average molecular weight is 253 g/mol. The van der Waals surface area contributed by atoms with E-state index in [0.29, 0.717) is 12.0 Å². The van der Waals surface area contributed by atoms with Gasteiger partial charge in [-0.3, -0.25) is 4.57 Å². The van der Waals surface area contributed by atoms with Crippen LogP contribution in [0, 0.1) is 0 Å². The van der Waals surface area contributed by atoms with Gasteiger partial charge in [-0.05, 0) is 33.6 Å². The fourth-order valence-corrected chi connectivity index (χ4v) is 2.16. The van der Waals surface area contributed by atoms with Gasteiger partial charge in [0.25, 0.3) is 0 Å². The first-order valence-electron chi connectivity index (χ1n) is 7.02. The van der Waals surface area contributed by atoms with Gasteiger partial charge in [0.15, 0.2) is 0 Å². The molecule has 104 valence electrons. The van der Waals surface area contributed by atoms with Crippen LogP contribution in [0.5, 0.6) is 0 Å². The Morgan fingerprint density at radius 1 is 1.22 bits per heavy atom. The van der Waals surface area contributed by atoms with E-state index in [9.17, 15) is 0 Å². The van der Waals surface area contributed by atoms with Crippen LogP contribution in [0.3, 0.4) is 0 Å². The first-order valence-corrected chi connectivity index (χ1v) is 7.02. The first-order chi connectivity index (χ1) is 8.60. The number of nitrogens with zero attached hydrogens (tertiary/aromatic N) is 3. The van der Waals surface area contributed by atoms with E-state index < -0.39 is 0 Å². The molecule has 2 atom stereocenters. The van der Waals surface area contributed by atoms with E-state index in [-0.39, 0.29) is 0 Å². The number of hydrogen-bond donors (Lipinski definition) is 2. The summed E-state index contributed by atoms with van der Waals surface area (Å²) in [6.45, 7) is 10.2. The van der Waals surface area contributed by atoms with Gasteiger partial charge in [-0.25, -0.2) is 0 Å². The summed E-state index contributed by atoms with van der Waals surface area (Å²) in [5.41, 5.74) is 5.77. The number of nitrogens with one attached hydrogen (secondary N) is 1. The zero-order chi connectivity index (χ0) is 13.5. The number of rotatable bonds is 8. The van der Waals surface area contributed by atoms with Crippen molar-refractivity contribution in [3.8, 4) is 0 Å². The van der Waals surface area contributed by atoms with Crippen molar-refractivity contribution >= 4 is 5.95 Å².